The van der Waals surface area contributed by atoms with E-state index in [1.54, 1.807) is 32.4 Å². The van der Waals surface area contributed by atoms with Gasteiger partial charge in [0.2, 0.25) is 0 Å². The lowest BCUT2D eigenvalue weighted by Crippen LogP contribution is -2.12. The van der Waals surface area contributed by atoms with Gasteiger partial charge in [-0.15, -0.1) is 11.3 Å². The Morgan fingerprint density at radius 2 is 1.79 bits per heavy atom. The van der Waals surface area contributed by atoms with Crippen LogP contribution in [0.2, 0.25) is 0 Å². The van der Waals surface area contributed by atoms with Crippen molar-refractivity contribution in [2.75, 3.05) is 25.3 Å². The summed E-state index contributed by atoms with van der Waals surface area (Å²) in [6.07, 6.45) is 0. The van der Waals surface area contributed by atoms with Gasteiger partial charge in [-0.3, -0.25) is 4.79 Å². The largest absolute Gasteiger partial charge is 0.497 e. The Bertz CT molecular complexity index is 1260. The highest BCUT2D eigenvalue weighted by Gasteiger charge is 2.20. The monoisotopic (exact) mass is 407 g/mol. The minimum absolute atomic E-state index is 0.311. The van der Waals surface area contributed by atoms with Crippen LogP contribution in [-0.4, -0.2) is 25.1 Å². The molecule has 6 nitrogen and oxygen atoms in total. The Kier molecular flexibility index (Phi) is 4.76. The van der Waals surface area contributed by atoms with Gasteiger partial charge in [0.05, 0.1) is 31.1 Å². The number of nitrogen functional groups attached to an aromatic ring is 1. The average Bonchev–Trinajstić information content (AvgIpc) is 3.05. The number of benzene rings is 2. The molecule has 0 unspecified atom stereocenters. The fraction of sp³-hybridized carbons (Fsp3) is 0.182. The molecule has 0 aliphatic rings. The van der Waals surface area contributed by atoms with Crippen molar-refractivity contribution in [3.05, 3.63) is 52.4 Å². The zero-order valence-electron chi connectivity index (χ0n) is 16.6. The smallest absolute Gasteiger partial charge is 0.268 e. The number of aromatic nitrogens is 1. The third-order valence-electron chi connectivity index (χ3n) is 4.96. The first-order valence-corrected chi connectivity index (χ1v) is 9.87. The summed E-state index contributed by atoms with van der Waals surface area (Å²) in [4.78, 5) is 18.9. The highest BCUT2D eigenvalue weighted by Crippen LogP contribution is 2.37. The van der Waals surface area contributed by atoms with Gasteiger partial charge in [-0.2, -0.15) is 0 Å². The van der Waals surface area contributed by atoms with Gasteiger partial charge in [-0.25, -0.2) is 4.98 Å². The number of hydrogen-bond acceptors (Lipinski definition) is 6. The summed E-state index contributed by atoms with van der Waals surface area (Å²) < 4.78 is 10.6. The molecule has 3 N–H and O–H groups in total. The van der Waals surface area contributed by atoms with Gasteiger partial charge in [0.25, 0.3) is 5.91 Å². The minimum Gasteiger partial charge on any atom is -0.497 e. The zero-order valence-corrected chi connectivity index (χ0v) is 17.4. The lowest BCUT2D eigenvalue weighted by molar-refractivity contribution is 0.103. The molecule has 29 heavy (non-hydrogen) atoms. The molecule has 4 aromatic rings. The van der Waals surface area contributed by atoms with Crippen molar-refractivity contribution in [1.82, 2.24) is 4.98 Å². The number of nitrogens with one attached hydrogen (secondary N) is 1. The van der Waals surface area contributed by atoms with Crippen LogP contribution in [0.1, 0.15) is 20.8 Å². The number of anilines is 2. The Balaban J connectivity index is 1.79. The lowest BCUT2D eigenvalue weighted by atomic mass is 10.0. The maximum absolute atomic E-state index is 13.0. The van der Waals surface area contributed by atoms with E-state index in [1.807, 2.05) is 19.9 Å². The lowest BCUT2D eigenvalue weighted by Gasteiger charge is -2.11. The van der Waals surface area contributed by atoms with E-state index < -0.39 is 0 Å². The van der Waals surface area contributed by atoms with Gasteiger partial charge in [0.15, 0.2) is 0 Å². The van der Waals surface area contributed by atoms with E-state index in [9.17, 15) is 4.79 Å². The van der Waals surface area contributed by atoms with Crippen LogP contribution in [0.4, 0.5) is 11.4 Å². The first-order valence-electron chi connectivity index (χ1n) is 9.05. The molecule has 0 radical (unpaired) electrons. The highest BCUT2D eigenvalue weighted by molar-refractivity contribution is 7.21. The van der Waals surface area contributed by atoms with Crippen molar-refractivity contribution in [3.8, 4) is 11.5 Å². The predicted octanol–water partition coefficient (Wildman–Crippen LogP) is 4.92. The molecular formula is C22H21N3O3S. The highest BCUT2D eigenvalue weighted by atomic mass is 32.1. The SMILES string of the molecule is COc1ccc(OC)c(NC(=O)c2sc3nc4c(C)ccc(C)c4cc3c2N)c1. The van der Waals surface area contributed by atoms with Crippen LogP contribution in [0.25, 0.3) is 21.1 Å². The molecular weight excluding hydrogens is 386 g/mol. The fourth-order valence-corrected chi connectivity index (χ4v) is 4.29. The van der Waals surface area contributed by atoms with Gasteiger partial charge >= 0.3 is 0 Å². The number of ether oxygens (including phenoxy) is 2. The number of hydrogen-bond donors (Lipinski definition) is 2. The van der Waals surface area contributed by atoms with E-state index in [2.05, 4.69) is 17.4 Å². The van der Waals surface area contributed by atoms with Gasteiger partial charge < -0.3 is 20.5 Å². The van der Waals surface area contributed by atoms with Crippen molar-refractivity contribution in [3.63, 3.8) is 0 Å². The third kappa shape index (κ3) is 3.23. The molecule has 7 heteroatoms. The first kappa shape index (κ1) is 19.0. The summed E-state index contributed by atoms with van der Waals surface area (Å²) in [6, 6.07) is 11.4. The summed E-state index contributed by atoms with van der Waals surface area (Å²) in [6.45, 7) is 4.07. The summed E-state index contributed by atoms with van der Waals surface area (Å²) in [5, 5.41) is 4.71. The van der Waals surface area contributed by atoms with E-state index in [4.69, 9.17) is 20.2 Å². The van der Waals surface area contributed by atoms with Crippen LogP contribution in [0.3, 0.4) is 0 Å². The van der Waals surface area contributed by atoms with Gasteiger partial charge in [0.1, 0.15) is 21.2 Å². The molecule has 0 saturated heterocycles. The molecule has 2 heterocycles. The molecule has 1 amide bonds. The molecule has 2 aromatic carbocycles. The summed E-state index contributed by atoms with van der Waals surface area (Å²) in [5.41, 5.74) is 10.4. The fourth-order valence-electron chi connectivity index (χ4n) is 3.32. The maximum Gasteiger partial charge on any atom is 0.268 e. The van der Waals surface area contributed by atoms with Gasteiger partial charge in [-0.05, 0) is 43.2 Å². The molecule has 0 saturated carbocycles. The van der Waals surface area contributed by atoms with Crippen LogP contribution in [0.15, 0.2) is 36.4 Å². The average molecular weight is 407 g/mol. The second kappa shape index (κ2) is 7.25. The van der Waals surface area contributed by atoms with E-state index in [0.717, 1.165) is 32.2 Å². The van der Waals surface area contributed by atoms with Crippen molar-refractivity contribution in [1.29, 1.82) is 0 Å². The molecule has 148 valence electrons. The van der Waals surface area contributed by atoms with Crippen LogP contribution in [-0.2, 0) is 0 Å². The van der Waals surface area contributed by atoms with Crippen LogP contribution >= 0.6 is 11.3 Å². The normalized spacial score (nSPS) is 11.0. The number of carbonyl (C=O) groups excluding carboxylic acids is 1. The second-order valence-corrected chi connectivity index (χ2v) is 7.80. The first-order chi connectivity index (χ1) is 13.9. The van der Waals surface area contributed by atoms with Gasteiger partial charge in [-0.1, -0.05) is 12.1 Å². The number of rotatable bonds is 4. The van der Waals surface area contributed by atoms with E-state index >= 15 is 0 Å². The van der Waals surface area contributed by atoms with Crippen LogP contribution in [0.5, 0.6) is 11.5 Å². The Morgan fingerprint density at radius 3 is 2.52 bits per heavy atom. The van der Waals surface area contributed by atoms with Crippen molar-refractivity contribution in [2.24, 2.45) is 0 Å². The van der Waals surface area contributed by atoms with Crippen molar-refractivity contribution in [2.45, 2.75) is 13.8 Å². The minimum atomic E-state index is -0.311. The molecule has 2 aromatic heterocycles. The number of fused-ring (bicyclic) bond motifs is 2. The molecule has 0 aliphatic heterocycles. The summed E-state index contributed by atoms with van der Waals surface area (Å²) >= 11 is 1.28. The van der Waals surface area contributed by atoms with Crippen LogP contribution < -0.4 is 20.5 Å². The summed E-state index contributed by atoms with van der Waals surface area (Å²) in [7, 11) is 3.11. The number of methoxy groups -OCH3 is 2. The van der Waals surface area contributed by atoms with Crippen LogP contribution in [0, 0.1) is 13.8 Å². The Morgan fingerprint density at radius 1 is 1.03 bits per heavy atom. The quantitative estimate of drug-likeness (QED) is 0.501. The molecule has 0 aliphatic carbocycles. The summed E-state index contributed by atoms with van der Waals surface area (Å²) in [5.74, 6) is 0.841. The predicted molar refractivity (Wildman–Crippen MR) is 119 cm³/mol. The number of thiophene rings is 1. The van der Waals surface area contributed by atoms with Crippen molar-refractivity contribution >= 4 is 49.7 Å². The molecule has 0 bridgehead atoms. The number of pyridine rings is 1. The number of carbonyl (C=O) groups is 1. The molecule has 0 fully saturated rings. The van der Waals surface area contributed by atoms with Crippen molar-refractivity contribution < 1.29 is 14.3 Å². The number of nitrogens with two attached hydrogens (primary N) is 1. The second-order valence-electron chi connectivity index (χ2n) is 6.80. The number of aryl methyl sites for hydroxylation is 2. The Labute approximate surface area is 172 Å². The van der Waals surface area contributed by atoms with E-state index in [0.29, 0.717) is 27.8 Å². The zero-order chi connectivity index (χ0) is 20.7. The van der Waals surface area contributed by atoms with E-state index in [-0.39, 0.29) is 5.91 Å². The Hall–Kier alpha value is -3.32. The topological polar surface area (TPSA) is 86.5 Å². The molecule has 4 rings (SSSR count). The standard InChI is InChI=1S/C22H21N3O3S/c1-11-5-6-12(2)19-14(11)10-15-18(23)20(29-22(15)25-19)21(26)24-16-9-13(27-3)7-8-17(16)28-4/h5-10H,23H2,1-4H3,(H,24,26). The van der Waals surface area contributed by atoms with Gasteiger partial charge in [0, 0.05) is 16.8 Å². The maximum atomic E-state index is 13.0. The molecule has 0 atom stereocenters. The van der Waals surface area contributed by atoms with E-state index in [1.165, 1.54) is 11.3 Å². The third-order valence-corrected chi connectivity index (χ3v) is 6.08. The number of nitrogens with zero attached hydrogens (tertiary/aromatic N) is 1. The number of amides is 1. The molecule has 0 spiro atoms.